The van der Waals surface area contributed by atoms with E-state index in [9.17, 15) is 14.7 Å². The Balaban J connectivity index is 1.27. The number of aromatic carboxylic acids is 1. The van der Waals surface area contributed by atoms with E-state index < -0.39 is 5.97 Å². The molecular weight excluding hydrogens is 548 g/mol. The number of nitrogens with one attached hydrogen (secondary N) is 1. The maximum absolute atomic E-state index is 13.1. The standard InChI is InChI=1S/C38H34N2O4/c41-36(39-21-20-26-12-4-1-5-13-26)31-23-27(24-32(25-31)38(42)43)22-30-18-10-11-19-33(30)37-40-34(28-14-6-2-7-15-28)35(44-37)29-16-8-3-9-17-29/h1-9,12-17,19,23-25,30H,10-11,18,20-22H2,(H,39,41)(H,42,43). The van der Waals surface area contributed by atoms with Gasteiger partial charge >= 0.3 is 5.97 Å². The number of nitrogens with zero attached hydrogens (tertiary/aromatic N) is 1. The van der Waals surface area contributed by atoms with Gasteiger partial charge in [-0.3, -0.25) is 4.79 Å². The molecule has 6 heteroatoms. The number of carbonyl (C=O) groups is 2. The summed E-state index contributed by atoms with van der Waals surface area (Å²) in [4.78, 5) is 30.2. The van der Waals surface area contributed by atoms with Gasteiger partial charge in [-0.25, -0.2) is 9.78 Å². The Kier molecular flexibility index (Phi) is 8.78. The quantitative estimate of drug-likeness (QED) is 0.174. The van der Waals surface area contributed by atoms with Crippen LogP contribution in [0, 0.1) is 5.92 Å². The van der Waals surface area contributed by atoms with Gasteiger partial charge in [0, 0.05) is 28.8 Å². The fourth-order valence-corrected chi connectivity index (χ4v) is 5.85. The summed E-state index contributed by atoms with van der Waals surface area (Å²) in [6.07, 6.45) is 6.30. The highest BCUT2D eigenvalue weighted by Gasteiger charge is 2.27. The van der Waals surface area contributed by atoms with Crippen LogP contribution < -0.4 is 5.32 Å². The maximum atomic E-state index is 13.1. The monoisotopic (exact) mass is 582 g/mol. The topological polar surface area (TPSA) is 92.4 Å². The number of benzene rings is 4. The zero-order valence-electron chi connectivity index (χ0n) is 24.4. The summed E-state index contributed by atoms with van der Waals surface area (Å²) in [6.45, 7) is 0.461. The molecule has 2 N–H and O–H groups in total. The van der Waals surface area contributed by atoms with Crippen LogP contribution in [0.2, 0.25) is 0 Å². The van der Waals surface area contributed by atoms with E-state index >= 15 is 0 Å². The van der Waals surface area contributed by atoms with Crippen molar-refractivity contribution < 1.29 is 19.1 Å². The predicted molar refractivity (Wildman–Crippen MR) is 172 cm³/mol. The molecular formula is C38H34N2O4. The van der Waals surface area contributed by atoms with Gasteiger partial charge in [0.05, 0.1) is 5.56 Å². The molecule has 0 saturated heterocycles. The van der Waals surface area contributed by atoms with E-state index in [1.807, 2.05) is 97.1 Å². The molecule has 6 nitrogen and oxygen atoms in total. The average Bonchev–Trinajstić information content (AvgIpc) is 3.52. The molecule has 1 unspecified atom stereocenters. The first-order chi connectivity index (χ1) is 21.5. The van der Waals surface area contributed by atoms with Gasteiger partial charge in [-0.15, -0.1) is 0 Å². The summed E-state index contributed by atoms with van der Waals surface area (Å²) in [6, 6.07) is 34.9. The van der Waals surface area contributed by atoms with Crippen LogP contribution in [0.5, 0.6) is 0 Å². The van der Waals surface area contributed by atoms with Crippen LogP contribution in [-0.4, -0.2) is 28.5 Å². The van der Waals surface area contributed by atoms with Crippen molar-refractivity contribution in [3.8, 4) is 22.6 Å². The second kappa shape index (κ2) is 13.4. The lowest BCUT2D eigenvalue weighted by Gasteiger charge is -2.23. The number of carbonyl (C=O) groups excluding carboxylic acids is 1. The molecule has 0 fully saturated rings. The van der Waals surface area contributed by atoms with Crippen molar-refractivity contribution in [3.05, 3.63) is 143 Å². The number of allylic oxidation sites excluding steroid dienone is 2. The third kappa shape index (κ3) is 6.70. The van der Waals surface area contributed by atoms with Crippen LogP contribution in [0.25, 0.3) is 28.2 Å². The minimum Gasteiger partial charge on any atom is -0.478 e. The van der Waals surface area contributed by atoms with Gasteiger partial charge in [0.15, 0.2) is 5.76 Å². The third-order valence-electron chi connectivity index (χ3n) is 8.04. The SMILES string of the molecule is O=C(O)c1cc(CC2CCCC=C2c2nc(-c3ccccc3)c(-c3ccccc3)o2)cc(C(=O)NCCc2ccccc2)c1. The van der Waals surface area contributed by atoms with Crippen molar-refractivity contribution in [3.63, 3.8) is 0 Å². The van der Waals surface area contributed by atoms with Crippen LogP contribution in [-0.2, 0) is 12.8 Å². The van der Waals surface area contributed by atoms with E-state index in [-0.39, 0.29) is 17.4 Å². The minimum absolute atomic E-state index is 0.0627. The second-order valence-electron chi connectivity index (χ2n) is 11.1. The predicted octanol–water partition coefficient (Wildman–Crippen LogP) is 8.11. The molecule has 1 amide bonds. The van der Waals surface area contributed by atoms with Gasteiger partial charge < -0.3 is 14.8 Å². The van der Waals surface area contributed by atoms with Gasteiger partial charge in [0.1, 0.15) is 5.69 Å². The molecule has 6 rings (SSSR count). The number of hydrogen-bond acceptors (Lipinski definition) is 4. The summed E-state index contributed by atoms with van der Waals surface area (Å²) in [5, 5.41) is 12.8. The Labute approximate surface area is 257 Å². The summed E-state index contributed by atoms with van der Waals surface area (Å²) < 4.78 is 6.53. The summed E-state index contributed by atoms with van der Waals surface area (Å²) in [5.74, 6) is 0.0300. The number of carboxylic acid groups (broad SMARTS) is 1. The van der Waals surface area contributed by atoms with Gasteiger partial charge in [-0.05, 0) is 67.3 Å². The average molecular weight is 583 g/mol. The van der Waals surface area contributed by atoms with E-state index in [1.54, 1.807) is 6.07 Å². The van der Waals surface area contributed by atoms with Gasteiger partial charge in [0.2, 0.25) is 5.89 Å². The van der Waals surface area contributed by atoms with Crippen molar-refractivity contribution in [1.82, 2.24) is 10.3 Å². The Hall–Kier alpha value is -5.23. The molecule has 1 aliphatic carbocycles. The van der Waals surface area contributed by atoms with E-state index in [4.69, 9.17) is 9.40 Å². The molecule has 1 aromatic heterocycles. The number of rotatable bonds is 10. The Bertz CT molecular complexity index is 1720. The molecule has 4 aromatic carbocycles. The van der Waals surface area contributed by atoms with Crippen LogP contribution >= 0.6 is 0 Å². The van der Waals surface area contributed by atoms with Crippen molar-refractivity contribution >= 4 is 17.4 Å². The molecule has 0 aliphatic heterocycles. The maximum Gasteiger partial charge on any atom is 0.335 e. The number of aromatic nitrogens is 1. The third-order valence-corrected chi connectivity index (χ3v) is 8.04. The Morgan fingerprint density at radius 2 is 1.48 bits per heavy atom. The summed E-state index contributed by atoms with van der Waals surface area (Å²) in [5.41, 5.74) is 6.12. The lowest BCUT2D eigenvalue weighted by Crippen LogP contribution is -2.26. The first-order valence-corrected chi connectivity index (χ1v) is 15.1. The zero-order chi connectivity index (χ0) is 30.3. The smallest absolute Gasteiger partial charge is 0.335 e. The van der Waals surface area contributed by atoms with Crippen LogP contribution in [0.1, 0.15) is 57.0 Å². The lowest BCUT2D eigenvalue weighted by atomic mass is 9.82. The van der Waals surface area contributed by atoms with Crippen LogP contribution in [0.4, 0.5) is 0 Å². The number of hydrogen-bond donors (Lipinski definition) is 2. The fraction of sp³-hybridized carbons (Fsp3) is 0.184. The molecule has 1 aliphatic rings. The molecule has 0 saturated carbocycles. The molecule has 44 heavy (non-hydrogen) atoms. The highest BCUT2D eigenvalue weighted by Crippen LogP contribution is 2.40. The Morgan fingerprint density at radius 3 is 2.18 bits per heavy atom. The van der Waals surface area contributed by atoms with Gasteiger partial charge in [0.25, 0.3) is 5.91 Å². The molecule has 220 valence electrons. The van der Waals surface area contributed by atoms with E-state index in [0.29, 0.717) is 30.8 Å². The van der Waals surface area contributed by atoms with Crippen LogP contribution in [0.3, 0.4) is 0 Å². The Morgan fingerprint density at radius 1 is 0.818 bits per heavy atom. The van der Waals surface area contributed by atoms with Crippen molar-refractivity contribution in [1.29, 1.82) is 0 Å². The highest BCUT2D eigenvalue weighted by atomic mass is 16.4. The molecule has 1 atom stereocenters. The first-order valence-electron chi connectivity index (χ1n) is 15.1. The van der Waals surface area contributed by atoms with Crippen molar-refractivity contribution in [2.45, 2.75) is 32.1 Å². The number of amides is 1. The van der Waals surface area contributed by atoms with E-state index in [2.05, 4.69) is 11.4 Å². The normalized spacial score (nSPS) is 14.5. The number of oxazole rings is 1. The van der Waals surface area contributed by atoms with Gasteiger partial charge in [-0.2, -0.15) is 0 Å². The zero-order valence-corrected chi connectivity index (χ0v) is 24.4. The van der Waals surface area contributed by atoms with Crippen LogP contribution in [0.15, 0.2) is 120 Å². The second-order valence-corrected chi connectivity index (χ2v) is 11.1. The van der Waals surface area contributed by atoms with Gasteiger partial charge in [-0.1, -0.05) is 97.1 Å². The fourth-order valence-electron chi connectivity index (χ4n) is 5.85. The minimum atomic E-state index is -1.06. The van der Waals surface area contributed by atoms with E-state index in [1.165, 1.54) is 6.07 Å². The van der Waals surface area contributed by atoms with Crippen molar-refractivity contribution in [2.24, 2.45) is 5.92 Å². The summed E-state index contributed by atoms with van der Waals surface area (Å²) in [7, 11) is 0. The molecule has 0 bridgehead atoms. The largest absolute Gasteiger partial charge is 0.478 e. The summed E-state index contributed by atoms with van der Waals surface area (Å²) >= 11 is 0. The lowest BCUT2D eigenvalue weighted by molar-refractivity contribution is 0.0696. The molecule has 1 heterocycles. The number of carboxylic acids is 1. The first kappa shape index (κ1) is 28.9. The molecule has 0 radical (unpaired) electrons. The van der Waals surface area contributed by atoms with Crippen molar-refractivity contribution in [2.75, 3.05) is 6.54 Å². The highest BCUT2D eigenvalue weighted by molar-refractivity contribution is 5.97. The molecule has 0 spiro atoms. The van der Waals surface area contributed by atoms with E-state index in [0.717, 1.165) is 58.5 Å². The molecule has 5 aromatic rings.